The first-order chi connectivity index (χ1) is 8.54. The third-order valence-electron chi connectivity index (χ3n) is 3.82. The van der Waals surface area contributed by atoms with Gasteiger partial charge in [0.15, 0.2) is 0 Å². The van der Waals surface area contributed by atoms with E-state index in [1.54, 1.807) is 0 Å². The quantitative estimate of drug-likeness (QED) is 0.904. The monoisotopic (exact) mass is 328 g/mol. The van der Waals surface area contributed by atoms with Gasteiger partial charge in [-0.25, -0.2) is 4.98 Å². The van der Waals surface area contributed by atoms with Crippen molar-refractivity contribution in [1.29, 1.82) is 0 Å². The van der Waals surface area contributed by atoms with Gasteiger partial charge < -0.3 is 5.32 Å². The highest BCUT2D eigenvalue weighted by molar-refractivity contribution is 9.10. The molecule has 1 heterocycles. The smallest absolute Gasteiger partial charge is 0.110 e. The molecule has 1 saturated carbocycles. The van der Waals surface area contributed by atoms with E-state index in [0.717, 1.165) is 9.50 Å². The molecule has 1 fully saturated rings. The van der Waals surface area contributed by atoms with Crippen molar-refractivity contribution < 1.29 is 0 Å². The first-order valence-electron chi connectivity index (χ1n) is 6.49. The SMILES string of the molecule is CNC1C(Sc2ncccc2Br)CCCC1(C)C. The molecule has 1 aliphatic carbocycles. The van der Waals surface area contributed by atoms with Crippen LogP contribution in [0.25, 0.3) is 0 Å². The van der Waals surface area contributed by atoms with Crippen LogP contribution in [0.5, 0.6) is 0 Å². The van der Waals surface area contributed by atoms with Gasteiger partial charge in [0.05, 0.1) is 0 Å². The Kier molecular flexibility index (Phi) is 4.73. The van der Waals surface area contributed by atoms with Gasteiger partial charge in [0.2, 0.25) is 0 Å². The highest BCUT2D eigenvalue weighted by atomic mass is 79.9. The lowest BCUT2D eigenvalue weighted by Gasteiger charge is -2.43. The molecule has 2 atom stereocenters. The molecule has 2 rings (SSSR count). The van der Waals surface area contributed by atoms with Gasteiger partial charge in [-0.05, 0) is 53.4 Å². The van der Waals surface area contributed by atoms with Gasteiger partial charge in [-0.15, -0.1) is 11.8 Å². The maximum Gasteiger partial charge on any atom is 0.110 e. The van der Waals surface area contributed by atoms with E-state index in [0.29, 0.717) is 16.7 Å². The second-order valence-corrected chi connectivity index (χ2v) is 7.68. The molecule has 18 heavy (non-hydrogen) atoms. The molecule has 4 heteroatoms. The fraction of sp³-hybridized carbons (Fsp3) is 0.643. The van der Waals surface area contributed by atoms with Gasteiger partial charge >= 0.3 is 0 Å². The van der Waals surface area contributed by atoms with E-state index in [9.17, 15) is 0 Å². The van der Waals surface area contributed by atoms with Crippen LogP contribution in [0.2, 0.25) is 0 Å². The van der Waals surface area contributed by atoms with Gasteiger partial charge in [-0.1, -0.05) is 20.3 Å². The Morgan fingerprint density at radius 1 is 1.50 bits per heavy atom. The molecule has 0 spiro atoms. The van der Waals surface area contributed by atoms with Crippen LogP contribution in [0, 0.1) is 5.41 Å². The van der Waals surface area contributed by atoms with E-state index < -0.39 is 0 Å². The van der Waals surface area contributed by atoms with Gasteiger partial charge in [0.1, 0.15) is 5.03 Å². The minimum absolute atomic E-state index is 0.367. The standard InChI is InChI=1S/C14H21BrN2S/c1-14(2)8-4-7-11(12(14)16-3)18-13-10(15)6-5-9-17-13/h5-6,9,11-12,16H,4,7-8H2,1-3H3. The van der Waals surface area contributed by atoms with Crippen LogP contribution in [-0.4, -0.2) is 23.3 Å². The minimum Gasteiger partial charge on any atom is -0.315 e. The van der Waals surface area contributed by atoms with E-state index in [1.165, 1.54) is 19.3 Å². The predicted octanol–water partition coefficient (Wildman–Crippen LogP) is 4.10. The molecule has 1 N–H and O–H groups in total. The molecule has 1 aromatic rings. The van der Waals surface area contributed by atoms with Crippen molar-refractivity contribution in [3.8, 4) is 0 Å². The summed E-state index contributed by atoms with van der Waals surface area (Å²) in [4.78, 5) is 4.48. The normalized spacial score (nSPS) is 27.1. The van der Waals surface area contributed by atoms with Crippen LogP contribution in [0.15, 0.2) is 27.8 Å². The number of rotatable bonds is 3. The van der Waals surface area contributed by atoms with Crippen molar-refractivity contribution in [3.05, 3.63) is 22.8 Å². The van der Waals surface area contributed by atoms with Gasteiger partial charge in [0.25, 0.3) is 0 Å². The number of halogens is 1. The highest BCUT2D eigenvalue weighted by Gasteiger charge is 2.38. The summed E-state index contributed by atoms with van der Waals surface area (Å²) in [7, 11) is 2.08. The Morgan fingerprint density at radius 3 is 2.94 bits per heavy atom. The van der Waals surface area contributed by atoms with Crippen molar-refractivity contribution >= 4 is 27.7 Å². The minimum atomic E-state index is 0.367. The third-order valence-corrected chi connectivity index (χ3v) is 6.08. The maximum atomic E-state index is 4.48. The summed E-state index contributed by atoms with van der Waals surface area (Å²) in [6.07, 6.45) is 5.75. The van der Waals surface area contributed by atoms with Crippen molar-refractivity contribution in [1.82, 2.24) is 10.3 Å². The summed E-state index contributed by atoms with van der Waals surface area (Å²) in [5, 5.41) is 5.23. The number of thioether (sulfide) groups is 1. The Hall–Kier alpha value is -0.0600. The van der Waals surface area contributed by atoms with Crippen LogP contribution in [0.3, 0.4) is 0 Å². The zero-order valence-corrected chi connectivity index (χ0v) is 13.6. The lowest BCUT2D eigenvalue weighted by atomic mass is 9.73. The van der Waals surface area contributed by atoms with Crippen LogP contribution in [0.1, 0.15) is 33.1 Å². The number of pyridine rings is 1. The van der Waals surface area contributed by atoms with Crippen LogP contribution >= 0.6 is 27.7 Å². The average Bonchev–Trinajstić information content (AvgIpc) is 2.31. The predicted molar refractivity (Wildman–Crippen MR) is 82.1 cm³/mol. The molecule has 1 aliphatic rings. The lowest BCUT2D eigenvalue weighted by Crippen LogP contribution is -2.49. The fourth-order valence-electron chi connectivity index (χ4n) is 2.89. The number of aromatic nitrogens is 1. The zero-order valence-electron chi connectivity index (χ0n) is 11.2. The third kappa shape index (κ3) is 3.09. The molecular formula is C14H21BrN2S. The zero-order chi connectivity index (χ0) is 13.2. The number of hydrogen-bond donors (Lipinski definition) is 1. The highest BCUT2D eigenvalue weighted by Crippen LogP contribution is 2.43. The molecule has 0 radical (unpaired) electrons. The molecule has 2 unspecified atom stereocenters. The van der Waals surface area contributed by atoms with Crippen molar-refractivity contribution in [2.24, 2.45) is 5.41 Å². The lowest BCUT2D eigenvalue weighted by molar-refractivity contribution is 0.182. The topological polar surface area (TPSA) is 24.9 Å². The summed E-state index contributed by atoms with van der Waals surface area (Å²) >= 11 is 5.50. The summed E-state index contributed by atoms with van der Waals surface area (Å²) in [5.74, 6) is 0. The van der Waals surface area contributed by atoms with Crippen LogP contribution in [0.4, 0.5) is 0 Å². The molecule has 0 amide bonds. The Bertz CT molecular complexity index is 409. The van der Waals surface area contributed by atoms with Gasteiger partial charge in [-0.3, -0.25) is 0 Å². The van der Waals surface area contributed by atoms with Gasteiger partial charge in [0, 0.05) is 22.0 Å². The molecule has 0 bridgehead atoms. The van der Waals surface area contributed by atoms with E-state index >= 15 is 0 Å². The van der Waals surface area contributed by atoms with Crippen LogP contribution in [-0.2, 0) is 0 Å². The first kappa shape index (κ1) is 14.4. The molecule has 0 aromatic carbocycles. The van der Waals surface area contributed by atoms with Crippen molar-refractivity contribution in [3.63, 3.8) is 0 Å². The van der Waals surface area contributed by atoms with Crippen molar-refractivity contribution in [2.75, 3.05) is 7.05 Å². The largest absolute Gasteiger partial charge is 0.315 e. The second kappa shape index (κ2) is 5.93. The summed E-state index contributed by atoms with van der Waals surface area (Å²) < 4.78 is 1.10. The second-order valence-electron chi connectivity index (χ2n) is 5.59. The number of nitrogens with zero attached hydrogens (tertiary/aromatic N) is 1. The molecule has 1 aromatic heterocycles. The van der Waals surface area contributed by atoms with E-state index in [-0.39, 0.29) is 0 Å². The van der Waals surface area contributed by atoms with Gasteiger partial charge in [-0.2, -0.15) is 0 Å². The van der Waals surface area contributed by atoms with E-state index in [1.807, 2.05) is 24.0 Å². The number of nitrogens with one attached hydrogen (secondary N) is 1. The van der Waals surface area contributed by atoms with Crippen LogP contribution < -0.4 is 5.32 Å². The molecule has 0 saturated heterocycles. The fourth-order valence-corrected chi connectivity index (χ4v) is 4.94. The average molecular weight is 329 g/mol. The Balaban J connectivity index is 2.15. The molecule has 0 aliphatic heterocycles. The Morgan fingerprint density at radius 2 is 2.28 bits per heavy atom. The number of hydrogen-bond acceptors (Lipinski definition) is 3. The van der Waals surface area contributed by atoms with E-state index in [4.69, 9.17) is 0 Å². The maximum absolute atomic E-state index is 4.48. The molecular weight excluding hydrogens is 308 g/mol. The van der Waals surface area contributed by atoms with E-state index in [2.05, 4.69) is 53.2 Å². The molecule has 100 valence electrons. The Labute approximate surface area is 122 Å². The summed E-state index contributed by atoms with van der Waals surface area (Å²) in [6, 6.07) is 4.58. The summed E-state index contributed by atoms with van der Waals surface area (Å²) in [5.41, 5.74) is 0.367. The van der Waals surface area contributed by atoms with Crippen molar-refractivity contribution in [2.45, 2.75) is 49.4 Å². The summed E-state index contributed by atoms with van der Waals surface area (Å²) in [6.45, 7) is 4.74. The molecule has 2 nitrogen and oxygen atoms in total. The first-order valence-corrected chi connectivity index (χ1v) is 8.16.